The molecular weight excluding hydrogens is 406 g/mol. The average molecular weight is 432 g/mol. The lowest BCUT2D eigenvalue weighted by atomic mass is 10.1. The zero-order chi connectivity index (χ0) is 19.5. The van der Waals surface area contributed by atoms with Crippen LogP contribution in [-0.2, 0) is 4.74 Å². The fourth-order valence-corrected chi connectivity index (χ4v) is 4.46. The van der Waals surface area contributed by atoms with E-state index in [0.717, 1.165) is 59.3 Å². The number of thiazole rings is 1. The van der Waals surface area contributed by atoms with Crippen LogP contribution in [0.2, 0.25) is 0 Å². The number of ether oxygens (including phenoxy) is 1. The minimum atomic E-state index is 0. The molecule has 0 N–H and O–H groups in total. The molecule has 1 saturated heterocycles. The molecule has 1 amide bonds. The van der Waals surface area contributed by atoms with E-state index in [-0.39, 0.29) is 18.3 Å². The van der Waals surface area contributed by atoms with Crippen molar-refractivity contribution in [1.82, 2.24) is 9.88 Å². The molecule has 0 bridgehead atoms. The summed E-state index contributed by atoms with van der Waals surface area (Å²) in [4.78, 5) is 22.3. The van der Waals surface area contributed by atoms with Gasteiger partial charge in [0, 0.05) is 31.7 Å². The van der Waals surface area contributed by atoms with Crippen molar-refractivity contribution in [3.8, 4) is 0 Å². The molecule has 2 heterocycles. The van der Waals surface area contributed by atoms with Crippen LogP contribution in [0.15, 0.2) is 42.5 Å². The van der Waals surface area contributed by atoms with Gasteiger partial charge in [-0.2, -0.15) is 0 Å². The SMILES string of the molecule is Cc1ccc(C(=O)N(CCN2CCOCC2)c2nc3c(C)cccc3s2)cc1.Cl. The summed E-state index contributed by atoms with van der Waals surface area (Å²) < 4.78 is 6.55. The van der Waals surface area contributed by atoms with Crippen molar-refractivity contribution in [3.63, 3.8) is 0 Å². The molecule has 1 fully saturated rings. The number of carbonyl (C=O) groups excluding carboxylic acids is 1. The van der Waals surface area contributed by atoms with Crippen molar-refractivity contribution in [2.45, 2.75) is 13.8 Å². The molecule has 5 nitrogen and oxygen atoms in total. The Morgan fingerprint density at radius 3 is 2.55 bits per heavy atom. The molecule has 0 spiro atoms. The topological polar surface area (TPSA) is 45.7 Å². The third-order valence-corrected chi connectivity index (χ3v) is 6.17. The number of hydrogen-bond acceptors (Lipinski definition) is 5. The second kappa shape index (κ2) is 9.67. The lowest BCUT2D eigenvalue weighted by Crippen LogP contribution is -2.43. The Bertz CT molecular complexity index is 968. The lowest BCUT2D eigenvalue weighted by Gasteiger charge is -2.29. The van der Waals surface area contributed by atoms with Crippen LogP contribution < -0.4 is 4.90 Å². The predicted octanol–water partition coefficient (Wildman–Crippen LogP) is 4.31. The van der Waals surface area contributed by atoms with Gasteiger partial charge in [-0.05, 0) is 37.6 Å². The van der Waals surface area contributed by atoms with Gasteiger partial charge in [0.1, 0.15) is 0 Å². The van der Waals surface area contributed by atoms with Crippen molar-refractivity contribution in [3.05, 3.63) is 59.2 Å². The van der Waals surface area contributed by atoms with Crippen LogP contribution >= 0.6 is 23.7 Å². The summed E-state index contributed by atoms with van der Waals surface area (Å²) in [6.07, 6.45) is 0. The minimum absolute atomic E-state index is 0. The Kier molecular flexibility index (Phi) is 7.24. The Morgan fingerprint density at radius 2 is 1.86 bits per heavy atom. The van der Waals surface area contributed by atoms with E-state index in [1.165, 1.54) is 0 Å². The zero-order valence-corrected chi connectivity index (χ0v) is 18.4. The fraction of sp³-hybridized carbons (Fsp3) is 0.364. The second-order valence-electron chi connectivity index (χ2n) is 7.19. The number of aryl methyl sites for hydroxylation is 2. The van der Waals surface area contributed by atoms with Crippen LogP contribution in [0.25, 0.3) is 10.2 Å². The molecule has 0 atom stereocenters. The van der Waals surface area contributed by atoms with Gasteiger partial charge in [-0.3, -0.25) is 14.6 Å². The van der Waals surface area contributed by atoms with E-state index >= 15 is 0 Å². The third kappa shape index (κ3) is 4.95. The van der Waals surface area contributed by atoms with Crippen LogP contribution in [0.1, 0.15) is 21.5 Å². The van der Waals surface area contributed by atoms with E-state index in [1.54, 1.807) is 11.3 Å². The van der Waals surface area contributed by atoms with E-state index in [1.807, 2.05) is 42.2 Å². The number of amides is 1. The second-order valence-corrected chi connectivity index (χ2v) is 8.20. The van der Waals surface area contributed by atoms with Crippen molar-refractivity contribution in [2.75, 3.05) is 44.3 Å². The number of para-hydroxylation sites is 1. The van der Waals surface area contributed by atoms with E-state index in [2.05, 4.69) is 24.0 Å². The number of halogens is 1. The first kappa shape index (κ1) is 21.7. The molecule has 0 saturated carbocycles. The first-order valence-corrected chi connectivity index (χ1v) is 10.5. The molecule has 0 aliphatic carbocycles. The number of fused-ring (bicyclic) bond motifs is 1. The van der Waals surface area contributed by atoms with Crippen LogP contribution in [-0.4, -0.2) is 55.2 Å². The van der Waals surface area contributed by atoms with Gasteiger partial charge in [-0.25, -0.2) is 4.98 Å². The summed E-state index contributed by atoms with van der Waals surface area (Å²) in [5, 5.41) is 0.767. The molecule has 1 aromatic heterocycles. The molecule has 7 heteroatoms. The van der Waals surface area contributed by atoms with Gasteiger partial charge in [0.05, 0.1) is 23.4 Å². The normalized spacial score (nSPS) is 14.6. The summed E-state index contributed by atoms with van der Waals surface area (Å²) in [5.74, 6) is 0.00460. The number of nitrogens with zero attached hydrogens (tertiary/aromatic N) is 3. The summed E-state index contributed by atoms with van der Waals surface area (Å²) in [7, 11) is 0. The first-order chi connectivity index (χ1) is 13.6. The first-order valence-electron chi connectivity index (χ1n) is 9.66. The lowest BCUT2D eigenvalue weighted by molar-refractivity contribution is 0.0391. The zero-order valence-electron chi connectivity index (χ0n) is 16.8. The fourth-order valence-electron chi connectivity index (χ4n) is 3.39. The van der Waals surface area contributed by atoms with Crippen LogP contribution in [0.3, 0.4) is 0 Å². The summed E-state index contributed by atoms with van der Waals surface area (Å²) >= 11 is 1.58. The number of morpholine rings is 1. The number of carbonyl (C=O) groups is 1. The largest absolute Gasteiger partial charge is 0.379 e. The quantitative estimate of drug-likeness (QED) is 0.603. The summed E-state index contributed by atoms with van der Waals surface area (Å²) in [6.45, 7) is 8.85. The monoisotopic (exact) mass is 431 g/mol. The Hall–Kier alpha value is -1.99. The maximum Gasteiger partial charge on any atom is 0.260 e. The highest BCUT2D eigenvalue weighted by Gasteiger charge is 2.23. The molecule has 154 valence electrons. The van der Waals surface area contributed by atoms with Gasteiger partial charge in [0.2, 0.25) is 0 Å². The van der Waals surface area contributed by atoms with Crippen LogP contribution in [0.4, 0.5) is 5.13 Å². The molecule has 4 rings (SSSR count). The van der Waals surface area contributed by atoms with E-state index < -0.39 is 0 Å². The summed E-state index contributed by atoms with van der Waals surface area (Å²) in [5.41, 5.74) is 3.96. The van der Waals surface area contributed by atoms with Crippen LogP contribution in [0.5, 0.6) is 0 Å². The molecule has 29 heavy (non-hydrogen) atoms. The van der Waals surface area contributed by atoms with Crippen molar-refractivity contribution in [1.29, 1.82) is 0 Å². The van der Waals surface area contributed by atoms with Crippen LogP contribution in [0, 0.1) is 13.8 Å². The van der Waals surface area contributed by atoms with Crippen molar-refractivity contribution >= 4 is 45.0 Å². The highest BCUT2D eigenvalue weighted by atomic mass is 35.5. The van der Waals surface area contributed by atoms with E-state index in [0.29, 0.717) is 12.1 Å². The van der Waals surface area contributed by atoms with Gasteiger partial charge >= 0.3 is 0 Å². The maximum atomic E-state index is 13.3. The molecule has 1 aliphatic rings. The average Bonchev–Trinajstić information content (AvgIpc) is 3.15. The van der Waals surface area contributed by atoms with Gasteiger partial charge in [0.25, 0.3) is 5.91 Å². The van der Waals surface area contributed by atoms with Gasteiger partial charge in [0.15, 0.2) is 5.13 Å². The third-order valence-electron chi connectivity index (χ3n) is 5.13. The summed E-state index contributed by atoms with van der Waals surface area (Å²) in [6, 6.07) is 13.9. The van der Waals surface area contributed by atoms with Gasteiger partial charge in [-0.15, -0.1) is 12.4 Å². The molecule has 0 unspecified atom stereocenters. The van der Waals surface area contributed by atoms with E-state index in [4.69, 9.17) is 9.72 Å². The minimum Gasteiger partial charge on any atom is -0.379 e. The number of rotatable bonds is 5. The number of aromatic nitrogens is 1. The molecular formula is C22H26ClN3O2S. The van der Waals surface area contributed by atoms with Crippen molar-refractivity contribution in [2.24, 2.45) is 0 Å². The molecule has 0 radical (unpaired) electrons. The molecule has 3 aromatic rings. The van der Waals surface area contributed by atoms with Gasteiger partial charge in [-0.1, -0.05) is 41.2 Å². The molecule has 1 aliphatic heterocycles. The Labute approximate surface area is 181 Å². The Morgan fingerprint density at radius 1 is 1.14 bits per heavy atom. The molecule has 2 aromatic carbocycles. The van der Waals surface area contributed by atoms with Crippen molar-refractivity contribution < 1.29 is 9.53 Å². The standard InChI is InChI=1S/C22H25N3O2S.ClH/c1-16-6-8-18(9-7-16)21(26)25(11-10-24-12-14-27-15-13-24)22-23-20-17(2)4-3-5-19(20)28-22;/h3-9H,10-15H2,1-2H3;1H. The van der Waals surface area contributed by atoms with E-state index in [9.17, 15) is 4.79 Å². The highest BCUT2D eigenvalue weighted by Crippen LogP contribution is 2.31. The smallest absolute Gasteiger partial charge is 0.260 e. The maximum absolute atomic E-state index is 13.3. The number of anilines is 1. The number of benzene rings is 2. The Balaban J connectivity index is 0.00000240. The highest BCUT2D eigenvalue weighted by molar-refractivity contribution is 7.22. The number of hydrogen-bond donors (Lipinski definition) is 0. The predicted molar refractivity (Wildman–Crippen MR) is 122 cm³/mol. The van der Waals surface area contributed by atoms with Gasteiger partial charge < -0.3 is 4.74 Å².